The Kier molecular flexibility index (Phi) is 4.44. The first-order valence-corrected chi connectivity index (χ1v) is 12.1. The van der Waals surface area contributed by atoms with Gasteiger partial charge < -0.3 is 0 Å². The molecule has 0 radical (unpaired) electrons. The lowest BCUT2D eigenvalue weighted by atomic mass is 9.66. The van der Waals surface area contributed by atoms with Gasteiger partial charge in [0.2, 0.25) is 10.0 Å². The Morgan fingerprint density at radius 3 is 2.72 bits per heavy atom. The topological polar surface area (TPSA) is 54.5 Å². The fraction of sp³-hybridized carbons (Fsp3) is 0.458. The molecule has 4 nitrogen and oxygen atoms in total. The van der Waals surface area contributed by atoms with E-state index in [2.05, 4.69) is 24.3 Å². The van der Waals surface area contributed by atoms with Gasteiger partial charge in [-0.2, -0.15) is 0 Å². The Morgan fingerprint density at radius 2 is 1.93 bits per heavy atom. The fourth-order valence-corrected chi connectivity index (χ4v) is 7.60. The number of carbonyl (C=O) groups excluding carboxylic acids is 1. The molecule has 0 spiro atoms. The van der Waals surface area contributed by atoms with Gasteiger partial charge in [-0.3, -0.25) is 4.79 Å². The van der Waals surface area contributed by atoms with E-state index in [1.54, 1.807) is 10.4 Å². The third-order valence-corrected chi connectivity index (χ3v) is 9.27. The van der Waals surface area contributed by atoms with E-state index in [0.29, 0.717) is 31.8 Å². The number of hydrogen-bond acceptors (Lipinski definition) is 3. The van der Waals surface area contributed by atoms with Crippen LogP contribution in [-0.2, 0) is 21.2 Å². The maximum absolute atomic E-state index is 13.4. The van der Waals surface area contributed by atoms with E-state index < -0.39 is 10.0 Å². The van der Waals surface area contributed by atoms with E-state index in [9.17, 15) is 13.2 Å². The van der Waals surface area contributed by atoms with E-state index in [0.717, 1.165) is 24.8 Å². The monoisotopic (exact) mass is 409 g/mol. The highest BCUT2D eigenvalue weighted by molar-refractivity contribution is 7.89. The number of nitrogens with zero attached hydrogens (tertiary/aromatic N) is 1. The Morgan fingerprint density at radius 1 is 1.10 bits per heavy atom. The van der Waals surface area contributed by atoms with Crippen LogP contribution >= 0.6 is 0 Å². The number of hydrogen-bond donors (Lipinski definition) is 0. The predicted molar refractivity (Wildman–Crippen MR) is 114 cm³/mol. The van der Waals surface area contributed by atoms with Gasteiger partial charge in [0.1, 0.15) is 0 Å². The molecule has 1 aromatic rings. The molecular formula is C24H27NO3S. The molecule has 0 N–H and O–H groups in total. The van der Waals surface area contributed by atoms with Crippen molar-refractivity contribution in [2.45, 2.75) is 32.1 Å². The van der Waals surface area contributed by atoms with Crippen molar-refractivity contribution in [3.05, 3.63) is 71.8 Å². The zero-order chi connectivity index (χ0) is 20.1. The molecule has 3 atom stereocenters. The van der Waals surface area contributed by atoms with Crippen molar-refractivity contribution in [1.29, 1.82) is 0 Å². The van der Waals surface area contributed by atoms with Crippen LogP contribution in [0.3, 0.4) is 0 Å². The normalized spacial score (nSPS) is 33.7. The minimum Gasteiger partial charge on any atom is -0.295 e. The average molecular weight is 410 g/mol. The summed E-state index contributed by atoms with van der Waals surface area (Å²) in [6.07, 6.45) is 13.6. The first-order chi connectivity index (χ1) is 13.9. The molecule has 0 bridgehead atoms. The largest absolute Gasteiger partial charge is 0.295 e. The van der Waals surface area contributed by atoms with Crippen LogP contribution in [0.5, 0.6) is 0 Å². The first-order valence-electron chi connectivity index (χ1n) is 10.5. The summed E-state index contributed by atoms with van der Waals surface area (Å²) >= 11 is 0. The van der Waals surface area contributed by atoms with Crippen LogP contribution < -0.4 is 0 Å². The standard InChI is InChI=1S/C24H27NO3S/c26-22-9-12-23(15-19-6-2-1-3-7-19)17-25(13-10-20(23)14-22)29(27,28)18-24-11-5-4-8-21(24)16-24/h1-8,11,14,21H,9-10,12-13,15-18H2. The molecule has 1 saturated heterocycles. The minimum absolute atomic E-state index is 0.179. The van der Waals surface area contributed by atoms with Crippen molar-refractivity contribution in [2.75, 3.05) is 18.8 Å². The molecule has 1 heterocycles. The van der Waals surface area contributed by atoms with Gasteiger partial charge in [-0.25, -0.2) is 12.7 Å². The highest BCUT2D eigenvalue weighted by Gasteiger charge is 2.55. The number of piperidine rings is 1. The molecule has 3 unspecified atom stereocenters. The number of rotatable bonds is 5. The van der Waals surface area contributed by atoms with Crippen LogP contribution in [0.1, 0.15) is 31.2 Å². The maximum Gasteiger partial charge on any atom is 0.215 e. The Bertz CT molecular complexity index is 1020. The van der Waals surface area contributed by atoms with E-state index in [1.165, 1.54) is 5.56 Å². The summed E-state index contributed by atoms with van der Waals surface area (Å²) in [6.45, 7) is 0.974. The molecule has 152 valence electrons. The number of allylic oxidation sites excluding steroid dienone is 5. The Labute approximate surface area is 173 Å². The number of benzene rings is 1. The third-order valence-electron chi connectivity index (χ3n) is 7.27. The van der Waals surface area contributed by atoms with Crippen molar-refractivity contribution < 1.29 is 13.2 Å². The van der Waals surface area contributed by atoms with E-state index in [4.69, 9.17) is 0 Å². The molecule has 5 heteroatoms. The fourth-order valence-electron chi connectivity index (χ4n) is 5.50. The van der Waals surface area contributed by atoms with Crippen LogP contribution in [0.15, 0.2) is 66.3 Å². The second-order valence-corrected chi connectivity index (χ2v) is 11.2. The smallest absolute Gasteiger partial charge is 0.215 e. The maximum atomic E-state index is 13.4. The highest BCUT2D eigenvalue weighted by atomic mass is 32.2. The zero-order valence-corrected chi connectivity index (χ0v) is 17.4. The van der Waals surface area contributed by atoms with E-state index in [-0.39, 0.29) is 22.4 Å². The molecular weight excluding hydrogens is 382 g/mol. The lowest BCUT2D eigenvalue weighted by molar-refractivity contribution is -0.116. The van der Waals surface area contributed by atoms with Gasteiger partial charge in [-0.15, -0.1) is 0 Å². The van der Waals surface area contributed by atoms with Gasteiger partial charge in [0.25, 0.3) is 0 Å². The third kappa shape index (κ3) is 3.44. The Hall–Kier alpha value is -1.98. The molecule has 1 saturated carbocycles. The summed E-state index contributed by atoms with van der Waals surface area (Å²) in [6, 6.07) is 10.2. The summed E-state index contributed by atoms with van der Waals surface area (Å²) in [7, 11) is -3.36. The van der Waals surface area contributed by atoms with Crippen LogP contribution in [0.4, 0.5) is 0 Å². The van der Waals surface area contributed by atoms with Crippen molar-refractivity contribution in [2.24, 2.45) is 16.7 Å². The van der Waals surface area contributed by atoms with Crippen LogP contribution in [-0.4, -0.2) is 37.3 Å². The van der Waals surface area contributed by atoms with Gasteiger partial charge in [-0.1, -0.05) is 60.2 Å². The van der Waals surface area contributed by atoms with Crippen LogP contribution in [0.2, 0.25) is 0 Å². The summed E-state index contributed by atoms with van der Waals surface area (Å²) in [5.74, 6) is 0.747. The molecule has 5 rings (SSSR count). The molecule has 1 aliphatic heterocycles. The molecule has 2 fully saturated rings. The minimum atomic E-state index is -3.36. The van der Waals surface area contributed by atoms with E-state index in [1.807, 2.05) is 30.4 Å². The molecule has 0 aromatic heterocycles. The molecule has 3 aliphatic carbocycles. The van der Waals surface area contributed by atoms with Gasteiger partial charge >= 0.3 is 0 Å². The number of sulfonamides is 1. The molecule has 4 aliphatic rings. The highest BCUT2D eigenvalue weighted by Crippen LogP contribution is 2.57. The lowest BCUT2D eigenvalue weighted by Gasteiger charge is -2.46. The van der Waals surface area contributed by atoms with E-state index >= 15 is 0 Å². The average Bonchev–Trinajstić information content (AvgIpc) is 3.42. The second-order valence-electron chi connectivity index (χ2n) is 9.21. The number of fused-ring (bicyclic) bond motifs is 2. The van der Waals surface area contributed by atoms with Gasteiger partial charge in [0.15, 0.2) is 5.78 Å². The van der Waals surface area contributed by atoms with Crippen LogP contribution in [0.25, 0.3) is 0 Å². The van der Waals surface area contributed by atoms with Crippen molar-refractivity contribution in [3.8, 4) is 0 Å². The molecule has 1 aromatic carbocycles. The first kappa shape index (κ1) is 19.0. The zero-order valence-electron chi connectivity index (χ0n) is 16.6. The predicted octanol–water partition coefficient (Wildman–Crippen LogP) is 3.67. The van der Waals surface area contributed by atoms with Gasteiger partial charge in [-0.05, 0) is 43.2 Å². The quantitative estimate of drug-likeness (QED) is 0.746. The second kappa shape index (κ2) is 6.78. The van der Waals surface area contributed by atoms with Crippen LogP contribution in [0, 0.1) is 16.7 Å². The molecule has 29 heavy (non-hydrogen) atoms. The molecule has 0 amide bonds. The number of carbonyl (C=O) groups is 1. The summed E-state index contributed by atoms with van der Waals surface area (Å²) < 4.78 is 28.5. The lowest BCUT2D eigenvalue weighted by Crippen LogP contribution is -2.51. The SMILES string of the molecule is O=C1C=C2CCN(S(=O)(=O)CC34C=CC=CC3C4)CC2(Cc2ccccc2)CC1. The van der Waals surface area contributed by atoms with Crippen molar-refractivity contribution >= 4 is 15.8 Å². The van der Waals surface area contributed by atoms with Gasteiger partial charge in [0.05, 0.1) is 5.75 Å². The Balaban J connectivity index is 1.42. The summed E-state index contributed by atoms with van der Waals surface area (Å²) in [4.78, 5) is 12.1. The number of ketones is 1. The van der Waals surface area contributed by atoms with Crippen molar-refractivity contribution in [3.63, 3.8) is 0 Å². The van der Waals surface area contributed by atoms with Gasteiger partial charge in [0, 0.05) is 30.3 Å². The summed E-state index contributed by atoms with van der Waals surface area (Å²) in [5.41, 5.74) is 1.89. The summed E-state index contributed by atoms with van der Waals surface area (Å²) in [5, 5.41) is 0. The van der Waals surface area contributed by atoms with Crippen molar-refractivity contribution in [1.82, 2.24) is 4.31 Å².